The fourth-order valence-corrected chi connectivity index (χ4v) is 3.60. The number of hydrogen-bond donors (Lipinski definition) is 0. The average Bonchev–Trinajstić information content (AvgIpc) is 2.60. The first-order chi connectivity index (χ1) is 12.3. The highest BCUT2D eigenvalue weighted by Crippen LogP contribution is 2.40. The van der Waals surface area contributed by atoms with Crippen LogP contribution in [-0.4, -0.2) is 18.7 Å². The summed E-state index contributed by atoms with van der Waals surface area (Å²) in [7, 11) is 3.29. The molecule has 0 unspecified atom stereocenters. The molecule has 0 aliphatic rings. The molecule has 0 aliphatic heterocycles. The summed E-state index contributed by atoms with van der Waals surface area (Å²) in [5, 5.41) is 0. The minimum absolute atomic E-state index is 0.0806. The molecule has 6 heteroatoms. The SMILES string of the molecule is COc1ccc(N(B(Br)Br)/C(=C\c2ccccc2)C(C)(C)C)cc1OC. The summed E-state index contributed by atoms with van der Waals surface area (Å²) in [4.78, 5) is 2.20. The molecule has 0 aliphatic carbocycles. The van der Waals surface area contributed by atoms with E-state index >= 15 is 0 Å². The number of halogens is 2. The Balaban J connectivity index is 2.60. The van der Waals surface area contributed by atoms with Crippen LogP contribution in [0.15, 0.2) is 54.2 Å². The van der Waals surface area contributed by atoms with Crippen LogP contribution in [0.2, 0.25) is 0 Å². The van der Waals surface area contributed by atoms with Gasteiger partial charge in [-0.05, 0) is 23.8 Å². The summed E-state index contributed by atoms with van der Waals surface area (Å²) in [5.74, 6) is 1.41. The van der Waals surface area contributed by atoms with Gasteiger partial charge in [-0.3, -0.25) is 0 Å². The van der Waals surface area contributed by atoms with Crippen molar-refractivity contribution in [2.45, 2.75) is 20.8 Å². The predicted octanol–water partition coefficient (Wildman–Crippen LogP) is 6.37. The highest BCUT2D eigenvalue weighted by atomic mass is 79.9. The minimum Gasteiger partial charge on any atom is -0.493 e. The molecule has 0 atom stereocenters. The number of ether oxygens (including phenoxy) is 2. The molecule has 2 aromatic rings. The maximum Gasteiger partial charge on any atom is 0.415 e. The normalized spacial score (nSPS) is 11.9. The van der Waals surface area contributed by atoms with Gasteiger partial charge in [-0.15, -0.1) is 31.5 Å². The smallest absolute Gasteiger partial charge is 0.415 e. The summed E-state index contributed by atoms with van der Waals surface area (Å²) in [6.07, 6.45) is 2.21. The Hall–Kier alpha value is -1.40. The average molecular weight is 481 g/mol. The summed E-state index contributed by atoms with van der Waals surface area (Å²) >= 11 is 7.39. The first-order valence-corrected chi connectivity index (χ1v) is 10.2. The van der Waals surface area contributed by atoms with Gasteiger partial charge in [0.05, 0.1) is 14.2 Å². The van der Waals surface area contributed by atoms with Crippen molar-refractivity contribution < 1.29 is 9.47 Å². The molecule has 0 saturated heterocycles. The second kappa shape index (κ2) is 9.00. The van der Waals surface area contributed by atoms with Gasteiger partial charge in [0.15, 0.2) is 11.5 Å². The molecule has 0 fully saturated rings. The van der Waals surface area contributed by atoms with Crippen LogP contribution >= 0.6 is 31.5 Å². The third kappa shape index (κ3) is 5.07. The van der Waals surface area contributed by atoms with E-state index in [1.807, 2.05) is 36.4 Å². The first-order valence-electron chi connectivity index (χ1n) is 8.34. The van der Waals surface area contributed by atoms with E-state index in [9.17, 15) is 0 Å². The number of rotatable bonds is 6. The van der Waals surface area contributed by atoms with Gasteiger partial charge in [-0.25, -0.2) is 0 Å². The van der Waals surface area contributed by atoms with Crippen molar-refractivity contribution in [3.63, 3.8) is 0 Å². The quantitative estimate of drug-likeness (QED) is 0.448. The molecule has 0 saturated carbocycles. The molecule has 0 N–H and O–H groups in total. The Kier molecular flexibility index (Phi) is 7.24. The molecule has 0 radical (unpaired) electrons. The first kappa shape index (κ1) is 20.9. The standard InChI is InChI=1S/C20H24BBr2NO2/c1-20(2,3)19(13-15-9-7-6-8-10-15)24(21(22)23)16-11-12-17(25-4)18(14-16)26-5/h6-14H,1-5H3/b19-13-. The Bertz CT molecular complexity index is 758. The third-order valence-corrected chi connectivity index (χ3v) is 4.79. The fourth-order valence-electron chi connectivity index (χ4n) is 2.69. The molecule has 0 bridgehead atoms. The van der Waals surface area contributed by atoms with Crippen LogP contribution < -0.4 is 14.3 Å². The van der Waals surface area contributed by atoms with Crippen molar-refractivity contribution in [1.29, 1.82) is 0 Å². The number of nitrogens with zero attached hydrogens (tertiary/aromatic N) is 1. The summed E-state index contributed by atoms with van der Waals surface area (Å²) in [5.41, 5.74) is 3.24. The lowest BCUT2D eigenvalue weighted by molar-refractivity contribution is 0.355. The highest BCUT2D eigenvalue weighted by Gasteiger charge is 2.30. The lowest BCUT2D eigenvalue weighted by Gasteiger charge is -2.36. The van der Waals surface area contributed by atoms with Crippen LogP contribution in [0, 0.1) is 5.41 Å². The molecule has 0 spiro atoms. The molecule has 138 valence electrons. The zero-order valence-electron chi connectivity index (χ0n) is 15.8. The minimum atomic E-state index is -0.0812. The second-order valence-electron chi connectivity index (χ2n) is 6.88. The van der Waals surface area contributed by atoms with Gasteiger partial charge >= 0.3 is 4.50 Å². The van der Waals surface area contributed by atoms with Crippen LogP contribution in [0.3, 0.4) is 0 Å². The predicted molar refractivity (Wildman–Crippen MR) is 120 cm³/mol. The van der Waals surface area contributed by atoms with E-state index in [1.165, 1.54) is 0 Å². The van der Waals surface area contributed by atoms with Gasteiger partial charge in [0.2, 0.25) is 0 Å². The largest absolute Gasteiger partial charge is 0.493 e. The van der Waals surface area contributed by atoms with Crippen molar-refractivity contribution in [3.05, 3.63) is 59.8 Å². The Labute approximate surface area is 173 Å². The monoisotopic (exact) mass is 479 g/mol. The second-order valence-corrected chi connectivity index (χ2v) is 9.84. The van der Waals surface area contributed by atoms with Crippen molar-refractivity contribution >= 4 is 47.8 Å². The van der Waals surface area contributed by atoms with Gasteiger partial charge < -0.3 is 14.3 Å². The Morgan fingerprint density at radius 2 is 1.58 bits per heavy atom. The summed E-state index contributed by atoms with van der Waals surface area (Å²) in [6, 6.07) is 16.3. The molecular weight excluding hydrogens is 457 g/mol. The van der Waals surface area contributed by atoms with Gasteiger partial charge in [-0.1, -0.05) is 51.1 Å². The summed E-state index contributed by atoms with van der Waals surface area (Å²) < 4.78 is 10.8. The molecule has 0 heterocycles. The van der Waals surface area contributed by atoms with E-state index in [1.54, 1.807) is 14.2 Å². The summed E-state index contributed by atoms with van der Waals surface area (Å²) in [6.45, 7) is 6.62. The van der Waals surface area contributed by atoms with E-state index in [0.29, 0.717) is 11.5 Å². The van der Waals surface area contributed by atoms with E-state index in [0.717, 1.165) is 16.9 Å². The number of allylic oxidation sites excluding steroid dienone is 1. The van der Waals surface area contributed by atoms with Crippen LogP contribution in [0.1, 0.15) is 26.3 Å². The number of benzene rings is 2. The van der Waals surface area contributed by atoms with E-state index < -0.39 is 0 Å². The zero-order chi connectivity index (χ0) is 19.3. The topological polar surface area (TPSA) is 21.7 Å². The van der Waals surface area contributed by atoms with Gasteiger partial charge in [0.25, 0.3) is 0 Å². The maximum atomic E-state index is 5.49. The molecule has 0 aromatic heterocycles. The van der Waals surface area contributed by atoms with Crippen LogP contribution in [0.25, 0.3) is 6.08 Å². The zero-order valence-corrected chi connectivity index (χ0v) is 19.0. The molecule has 0 amide bonds. The van der Waals surface area contributed by atoms with Gasteiger partial charge in [0, 0.05) is 22.9 Å². The number of anilines is 1. The van der Waals surface area contributed by atoms with Crippen molar-refractivity contribution in [3.8, 4) is 11.5 Å². The van der Waals surface area contributed by atoms with Crippen molar-refractivity contribution in [2.24, 2.45) is 5.41 Å². The van der Waals surface area contributed by atoms with Crippen LogP contribution in [0.4, 0.5) is 5.69 Å². The van der Waals surface area contributed by atoms with Gasteiger partial charge in [-0.2, -0.15) is 0 Å². The number of hydrogen-bond acceptors (Lipinski definition) is 3. The van der Waals surface area contributed by atoms with Gasteiger partial charge in [0.1, 0.15) is 0 Å². The van der Waals surface area contributed by atoms with Crippen LogP contribution in [0.5, 0.6) is 11.5 Å². The van der Waals surface area contributed by atoms with Crippen molar-refractivity contribution in [1.82, 2.24) is 0 Å². The van der Waals surface area contributed by atoms with E-state index in [-0.39, 0.29) is 9.91 Å². The molecule has 2 rings (SSSR count). The fraction of sp³-hybridized carbons (Fsp3) is 0.300. The lowest BCUT2D eigenvalue weighted by atomic mass is 9.87. The van der Waals surface area contributed by atoms with E-state index in [2.05, 4.69) is 75.3 Å². The van der Waals surface area contributed by atoms with Crippen LogP contribution in [-0.2, 0) is 0 Å². The maximum absolute atomic E-state index is 5.49. The van der Waals surface area contributed by atoms with Crippen molar-refractivity contribution in [2.75, 3.05) is 19.0 Å². The molecular formula is C20H24BBr2NO2. The Morgan fingerprint density at radius 3 is 2.08 bits per heavy atom. The third-order valence-electron chi connectivity index (χ3n) is 3.97. The van der Waals surface area contributed by atoms with E-state index in [4.69, 9.17) is 9.47 Å². The Morgan fingerprint density at radius 1 is 0.962 bits per heavy atom. The molecule has 26 heavy (non-hydrogen) atoms. The molecule has 2 aromatic carbocycles. The molecule has 3 nitrogen and oxygen atoms in total. The highest BCUT2D eigenvalue weighted by molar-refractivity contribution is 9.49. The lowest BCUT2D eigenvalue weighted by Crippen LogP contribution is -2.35. The number of methoxy groups -OCH3 is 2.